The molecule has 3 aromatic heterocycles. The van der Waals surface area contributed by atoms with Crippen molar-refractivity contribution in [3.63, 3.8) is 0 Å². The lowest BCUT2D eigenvalue weighted by atomic mass is 9.90. The largest absolute Gasteiger partial charge is 0.326 e. The third-order valence-corrected chi connectivity index (χ3v) is 6.04. The molecule has 1 unspecified atom stereocenters. The van der Waals surface area contributed by atoms with Crippen molar-refractivity contribution < 1.29 is 4.79 Å². The number of hydrazine groups is 1. The number of carbonyl (C=O) groups excluding carboxylic acids is 1. The van der Waals surface area contributed by atoms with E-state index in [1.807, 2.05) is 60.7 Å². The summed E-state index contributed by atoms with van der Waals surface area (Å²) >= 11 is 0. The van der Waals surface area contributed by atoms with E-state index < -0.39 is 5.92 Å². The predicted molar refractivity (Wildman–Crippen MR) is 137 cm³/mol. The highest BCUT2D eigenvalue weighted by atomic mass is 16.2. The Kier molecular flexibility index (Phi) is 6.26. The number of carbonyl (C=O) groups is 1. The fourth-order valence-electron chi connectivity index (χ4n) is 4.28. The van der Waals surface area contributed by atoms with Crippen LogP contribution < -0.4 is 17.0 Å². The van der Waals surface area contributed by atoms with Crippen molar-refractivity contribution in [1.82, 2.24) is 20.4 Å². The van der Waals surface area contributed by atoms with E-state index in [1.165, 1.54) is 0 Å². The third kappa shape index (κ3) is 4.38. The van der Waals surface area contributed by atoms with Gasteiger partial charge in [0.25, 0.3) is 0 Å². The van der Waals surface area contributed by atoms with Gasteiger partial charge in [-0.15, -0.1) is 0 Å². The Morgan fingerprint density at radius 2 is 1.63 bits per heavy atom. The number of pyridine rings is 3. The number of amides is 1. The number of fused-ring (bicyclic) bond motifs is 1. The highest BCUT2D eigenvalue weighted by Crippen LogP contribution is 2.36. The molecule has 0 saturated carbocycles. The second kappa shape index (κ2) is 9.80. The summed E-state index contributed by atoms with van der Waals surface area (Å²) in [6.07, 6.45) is 4.97. The maximum atomic E-state index is 12.9. The maximum absolute atomic E-state index is 12.9. The van der Waals surface area contributed by atoms with Gasteiger partial charge >= 0.3 is 0 Å². The predicted octanol–water partition coefficient (Wildman–Crippen LogP) is 3.94. The molecule has 5 rings (SSSR count). The molecular formula is C28H24N6O. The third-order valence-electron chi connectivity index (χ3n) is 6.04. The summed E-state index contributed by atoms with van der Waals surface area (Å²) in [7, 11) is 0. The summed E-state index contributed by atoms with van der Waals surface area (Å²) in [6.45, 7) is 0.478. The highest BCUT2D eigenvalue weighted by Gasteiger charge is 2.26. The lowest BCUT2D eigenvalue weighted by Crippen LogP contribution is -2.35. The molecule has 0 bridgehead atoms. The molecule has 7 nitrogen and oxygen atoms in total. The van der Waals surface area contributed by atoms with Crippen LogP contribution in [0.3, 0.4) is 0 Å². The van der Waals surface area contributed by atoms with Crippen LogP contribution in [0.25, 0.3) is 33.3 Å². The van der Waals surface area contributed by atoms with Crippen LogP contribution in [0.5, 0.6) is 0 Å². The first-order valence-corrected chi connectivity index (χ1v) is 11.2. The van der Waals surface area contributed by atoms with E-state index in [0.29, 0.717) is 12.2 Å². The molecule has 0 saturated heterocycles. The second-order valence-electron chi connectivity index (χ2n) is 8.14. The fraction of sp³-hybridized carbons (Fsp3) is 0.0714. The van der Waals surface area contributed by atoms with Crippen molar-refractivity contribution in [2.24, 2.45) is 11.6 Å². The molecule has 35 heavy (non-hydrogen) atoms. The molecule has 1 amide bonds. The topological polar surface area (TPSA) is 120 Å². The minimum Gasteiger partial charge on any atom is -0.326 e. The summed E-state index contributed by atoms with van der Waals surface area (Å²) in [5.41, 5.74) is 15.0. The van der Waals surface area contributed by atoms with Crippen LogP contribution in [0.4, 0.5) is 0 Å². The number of benzene rings is 2. The molecule has 1 atom stereocenters. The van der Waals surface area contributed by atoms with Gasteiger partial charge in [-0.25, -0.2) is 10.8 Å². The normalized spacial score (nSPS) is 11.8. The molecule has 5 N–H and O–H groups in total. The summed E-state index contributed by atoms with van der Waals surface area (Å²) in [4.78, 5) is 26.7. The molecule has 5 aromatic rings. The van der Waals surface area contributed by atoms with Crippen LogP contribution in [0.15, 0.2) is 97.5 Å². The Morgan fingerprint density at radius 1 is 0.886 bits per heavy atom. The molecule has 172 valence electrons. The number of nitrogens with one attached hydrogen (secondary N) is 1. The van der Waals surface area contributed by atoms with Gasteiger partial charge in [0.1, 0.15) is 5.92 Å². The van der Waals surface area contributed by atoms with Gasteiger partial charge in [0.2, 0.25) is 5.91 Å². The Labute approximate surface area is 202 Å². The van der Waals surface area contributed by atoms with Gasteiger partial charge in [-0.1, -0.05) is 54.6 Å². The molecule has 3 heterocycles. The number of aromatic nitrogens is 3. The van der Waals surface area contributed by atoms with Gasteiger partial charge in [0.15, 0.2) is 0 Å². The van der Waals surface area contributed by atoms with E-state index in [-0.39, 0.29) is 5.91 Å². The van der Waals surface area contributed by atoms with Crippen LogP contribution in [0, 0.1) is 0 Å². The smallest absolute Gasteiger partial charge is 0.247 e. The molecule has 0 aliphatic heterocycles. The van der Waals surface area contributed by atoms with Gasteiger partial charge in [-0.2, -0.15) is 0 Å². The summed E-state index contributed by atoms with van der Waals surface area (Å²) in [6, 6.07) is 25.6. The quantitative estimate of drug-likeness (QED) is 0.201. The minimum atomic E-state index is -0.716. The molecule has 7 heteroatoms. The Balaban J connectivity index is 1.77. The summed E-state index contributed by atoms with van der Waals surface area (Å²) < 4.78 is 0. The monoisotopic (exact) mass is 460 g/mol. The zero-order valence-corrected chi connectivity index (χ0v) is 18.9. The standard InChI is InChI=1S/C28H24N6O/c29-17-18-6-8-21(9-7-18)26-22(19-4-2-1-3-5-19)16-23-24(33-26)12-15-32-27(23)25(28(35)34-30)20-10-13-31-14-11-20/h1-16,25H,17,29-30H2,(H,34,35). The van der Waals surface area contributed by atoms with Crippen molar-refractivity contribution in [1.29, 1.82) is 0 Å². The lowest BCUT2D eigenvalue weighted by molar-refractivity contribution is -0.121. The van der Waals surface area contributed by atoms with Gasteiger partial charge in [-0.05, 0) is 41.0 Å². The van der Waals surface area contributed by atoms with Crippen molar-refractivity contribution in [3.05, 3.63) is 114 Å². The molecule has 2 aromatic carbocycles. The molecule has 0 radical (unpaired) electrons. The van der Waals surface area contributed by atoms with Crippen LogP contribution in [0.1, 0.15) is 22.7 Å². The Bertz CT molecular complexity index is 1470. The molecular weight excluding hydrogens is 436 g/mol. The SMILES string of the molecule is NCc1ccc(-c2nc3ccnc(C(C(=O)NN)c4ccncc4)c3cc2-c2ccccc2)cc1. The first-order valence-electron chi connectivity index (χ1n) is 11.2. The zero-order valence-electron chi connectivity index (χ0n) is 18.9. The number of nitrogens with zero attached hydrogens (tertiary/aromatic N) is 3. The van der Waals surface area contributed by atoms with E-state index in [0.717, 1.165) is 44.4 Å². The number of hydrogen-bond acceptors (Lipinski definition) is 6. The number of nitrogens with two attached hydrogens (primary N) is 2. The van der Waals surface area contributed by atoms with Gasteiger partial charge in [0, 0.05) is 41.6 Å². The first-order chi connectivity index (χ1) is 17.2. The molecule has 0 aliphatic rings. The summed E-state index contributed by atoms with van der Waals surface area (Å²) in [5.74, 6) is 4.49. The van der Waals surface area contributed by atoms with E-state index >= 15 is 0 Å². The molecule has 0 aliphatic carbocycles. The van der Waals surface area contributed by atoms with E-state index in [1.54, 1.807) is 30.7 Å². The zero-order chi connectivity index (χ0) is 24.2. The van der Waals surface area contributed by atoms with Crippen LogP contribution in [-0.4, -0.2) is 20.9 Å². The van der Waals surface area contributed by atoms with Crippen LogP contribution >= 0.6 is 0 Å². The summed E-state index contributed by atoms with van der Waals surface area (Å²) in [5, 5.41) is 0.777. The van der Waals surface area contributed by atoms with Crippen molar-refractivity contribution >= 4 is 16.8 Å². The van der Waals surface area contributed by atoms with Crippen molar-refractivity contribution in [2.75, 3.05) is 0 Å². The minimum absolute atomic E-state index is 0.362. The number of rotatable bonds is 6. The van der Waals surface area contributed by atoms with Crippen LogP contribution in [0.2, 0.25) is 0 Å². The van der Waals surface area contributed by atoms with E-state index in [4.69, 9.17) is 16.6 Å². The fourth-order valence-corrected chi connectivity index (χ4v) is 4.28. The maximum Gasteiger partial charge on any atom is 0.247 e. The van der Waals surface area contributed by atoms with Crippen molar-refractivity contribution in [2.45, 2.75) is 12.5 Å². The van der Waals surface area contributed by atoms with E-state index in [9.17, 15) is 4.79 Å². The second-order valence-corrected chi connectivity index (χ2v) is 8.14. The van der Waals surface area contributed by atoms with Gasteiger partial charge < -0.3 is 5.73 Å². The van der Waals surface area contributed by atoms with Crippen LogP contribution in [-0.2, 0) is 11.3 Å². The van der Waals surface area contributed by atoms with Gasteiger partial charge in [-0.3, -0.25) is 20.2 Å². The lowest BCUT2D eigenvalue weighted by Gasteiger charge is -2.18. The highest BCUT2D eigenvalue weighted by molar-refractivity contribution is 5.96. The molecule has 0 fully saturated rings. The Morgan fingerprint density at radius 3 is 2.31 bits per heavy atom. The average Bonchev–Trinajstić information content (AvgIpc) is 2.93. The first kappa shape index (κ1) is 22.3. The average molecular weight is 461 g/mol. The van der Waals surface area contributed by atoms with E-state index in [2.05, 4.69) is 21.5 Å². The number of hydrogen-bond donors (Lipinski definition) is 3. The van der Waals surface area contributed by atoms with Crippen molar-refractivity contribution in [3.8, 4) is 22.4 Å². The Hall–Kier alpha value is -4.46. The van der Waals surface area contributed by atoms with Gasteiger partial charge in [0.05, 0.1) is 16.9 Å². The molecule has 0 spiro atoms.